The van der Waals surface area contributed by atoms with E-state index in [0.717, 1.165) is 24.0 Å². The summed E-state index contributed by atoms with van der Waals surface area (Å²) in [5.74, 6) is 0.624. The molecule has 0 atom stereocenters. The number of aliphatic hydroxyl groups excluding tert-OH is 1. The second-order valence-electron chi connectivity index (χ2n) is 5.98. The number of hydrogen-bond donors (Lipinski definition) is 1. The molecule has 2 fully saturated rings. The van der Waals surface area contributed by atoms with Crippen LogP contribution in [0, 0.1) is 5.92 Å². The first-order valence-corrected chi connectivity index (χ1v) is 8.87. The van der Waals surface area contributed by atoms with Crippen molar-refractivity contribution in [2.24, 2.45) is 5.92 Å². The van der Waals surface area contributed by atoms with E-state index >= 15 is 0 Å². The first-order chi connectivity index (χ1) is 9.58. The van der Waals surface area contributed by atoms with Gasteiger partial charge in [0.25, 0.3) is 0 Å². The van der Waals surface area contributed by atoms with Gasteiger partial charge < -0.3 is 5.11 Å². The molecule has 0 aromatic heterocycles. The van der Waals surface area contributed by atoms with Crippen molar-refractivity contribution in [2.75, 3.05) is 6.54 Å². The highest BCUT2D eigenvalue weighted by Gasteiger charge is 2.40. The summed E-state index contributed by atoms with van der Waals surface area (Å²) in [4.78, 5) is 0. The first kappa shape index (κ1) is 14.0. The Morgan fingerprint density at radius 3 is 2.45 bits per heavy atom. The highest BCUT2D eigenvalue weighted by atomic mass is 32.2. The third-order valence-corrected chi connectivity index (χ3v) is 5.83. The molecule has 5 heteroatoms. The molecule has 0 saturated heterocycles. The van der Waals surface area contributed by atoms with E-state index in [9.17, 15) is 8.42 Å². The van der Waals surface area contributed by atoms with Crippen LogP contribution in [0.3, 0.4) is 0 Å². The Labute approximate surface area is 120 Å². The van der Waals surface area contributed by atoms with Crippen molar-refractivity contribution in [3.63, 3.8) is 0 Å². The van der Waals surface area contributed by atoms with Crippen LogP contribution >= 0.6 is 0 Å². The number of sulfonamides is 1. The summed E-state index contributed by atoms with van der Waals surface area (Å²) in [5, 5.41) is 9.14. The zero-order chi connectivity index (χ0) is 14.2. The van der Waals surface area contributed by atoms with Gasteiger partial charge in [-0.1, -0.05) is 24.3 Å². The lowest BCUT2D eigenvalue weighted by Gasteiger charge is -2.22. The van der Waals surface area contributed by atoms with Crippen molar-refractivity contribution in [3.05, 3.63) is 35.4 Å². The van der Waals surface area contributed by atoms with Crippen LogP contribution < -0.4 is 0 Å². The SMILES string of the molecule is O=S(=O)(Cc1cccc(CO)c1)N(CC1CC1)C1CC1. The minimum absolute atomic E-state index is 0.0457. The normalized spacial score (nSPS) is 19.5. The molecule has 1 N–H and O–H groups in total. The number of nitrogens with zero attached hydrogens (tertiary/aromatic N) is 1. The molecule has 4 nitrogen and oxygen atoms in total. The molecule has 2 saturated carbocycles. The van der Waals surface area contributed by atoms with Crippen LogP contribution in [0.15, 0.2) is 24.3 Å². The third kappa shape index (κ3) is 3.40. The number of hydrogen-bond acceptors (Lipinski definition) is 3. The molecular weight excluding hydrogens is 274 g/mol. The Morgan fingerprint density at radius 2 is 1.85 bits per heavy atom. The lowest BCUT2D eigenvalue weighted by Crippen LogP contribution is -2.35. The van der Waals surface area contributed by atoms with Gasteiger partial charge >= 0.3 is 0 Å². The van der Waals surface area contributed by atoms with Crippen LogP contribution in [0.5, 0.6) is 0 Å². The second-order valence-corrected chi connectivity index (χ2v) is 7.90. The van der Waals surface area contributed by atoms with E-state index in [1.165, 1.54) is 12.8 Å². The zero-order valence-corrected chi connectivity index (χ0v) is 12.3. The zero-order valence-electron chi connectivity index (χ0n) is 11.5. The van der Waals surface area contributed by atoms with Gasteiger partial charge in [-0.15, -0.1) is 0 Å². The summed E-state index contributed by atoms with van der Waals surface area (Å²) in [6, 6.07) is 7.44. The minimum atomic E-state index is -3.24. The van der Waals surface area contributed by atoms with Gasteiger partial charge in [-0.3, -0.25) is 0 Å². The van der Waals surface area contributed by atoms with Crippen LogP contribution in [0.1, 0.15) is 36.8 Å². The summed E-state index contributed by atoms with van der Waals surface area (Å²) < 4.78 is 26.9. The fourth-order valence-corrected chi connectivity index (χ4v) is 4.39. The third-order valence-electron chi connectivity index (χ3n) is 3.97. The Kier molecular flexibility index (Phi) is 3.84. The van der Waals surface area contributed by atoms with Gasteiger partial charge in [0.05, 0.1) is 12.4 Å². The van der Waals surface area contributed by atoms with Gasteiger partial charge in [-0.25, -0.2) is 8.42 Å². The van der Waals surface area contributed by atoms with E-state index in [2.05, 4.69) is 0 Å². The van der Waals surface area contributed by atoms with E-state index in [0.29, 0.717) is 12.5 Å². The van der Waals surface area contributed by atoms with Crippen molar-refractivity contribution >= 4 is 10.0 Å². The van der Waals surface area contributed by atoms with Gasteiger partial charge in [0.1, 0.15) is 0 Å². The standard InChI is InChI=1S/C15H21NO3S/c17-10-13-2-1-3-14(8-13)11-20(18,19)16(15-6-7-15)9-12-4-5-12/h1-3,8,12,15,17H,4-7,9-11H2. The molecule has 0 unspecified atom stereocenters. The summed E-state index contributed by atoms with van der Waals surface area (Å²) in [7, 11) is -3.24. The smallest absolute Gasteiger partial charge is 0.218 e. The fraction of sp³-hybridized carbons (Fsp3) is 0.600. The van der Waals surface area contributed by atoms with Crippen LogP contribution in [-0.4, -0.2) is 30.4 Å². The van der Waals surface area contributed by atoms with E-state index in [4.69, 9.17) is 5.11 Å². The van der Waals surface area contributed by atoms with Gasteiger partial charge in [-0.2, -0.15) is 4.31 Å². The summed E-state index contributed by atoms with van der Waals surface area (Å²) in [6.45, 7) is 0.648. The molecule has 0 heterocycles. The molecule has 0 radical (unpaired) electrons. The van der Waals surface area contributed by atoms with Gasteiger partial charge in [0, 0.05) is 12.6 Å². The highest BCUT2D eigenvalue weighted by molar-refractivity contribution is 7.88. The van der Waals surface area contributed by atoms with Gasteiger partial charge in [0.15, 0.2) is 0 Å². The molecule has 1 aromatic carbocycles. The second kappa shape index (κ2) is 5.47. The molecule has 0 bridgehead atoms. The van der Waals surface area contributed by atoms with Crippen LogP contribution in [-0.2, 0) is 22.4 Å². The molecule has 2 aliphatic carbocycles. The highest BCUT2D eigenvalue weighted by Crippen LogP contribution is 2.37. The fourth-order valence-electron chi connectivity index (χ4n) is 2.52. The Morgan fingerprint density at radius 1 is 1.15 bits per heavy atom. The largest absolute Gasteiger partial charge is 0.392 e. The van der Waals surface area contributed by atoms with Gasteiger partial charge in [-0.05, 0) is 42.7 Å². The Balaban J connectivity index is 1.75. The van der Waals surface area contributed by atoms with E-state index in [-0.39, 0.29) is 18.4 Å². The summed E-state index contributed by atoms with van der Waals surface area (Å²) >= 11 is 0. The average Bonchev–Trinajstić information content (AvgIpc) is 3.27. The Hall–Kier alpha value is -0.910. The van der Waals surface area contributed by atoms with Crippen LogP contribution in [0.25, 0.3) is 0 Å². The van der Waals surface area contributed by atoms with E-state index < -0.39 is 10.0 Å². The average molecular weight is 295 g/mol. The topological polar surface area (TPSA) is 57.6 Å². The van der Waals surface area contributed by atoms with E-state index in [1.54, 1.807) is 22.5 Å². The van der Waals surface area contributed by atoms with Crippen molar-refractivity contribution in [3.8, 4) is 0 Å². The molecule has 110 valence electrons. The molecular formula is C15H21NO3S. The van der Waals surface area contributed by atoms with Crippen LogP contribution in [0.4, 0.5) is 0 Å². The Bertz CT molecular complexity index is 577. The lowest BCUT2D eigenvalue weighted by atomic mass is 10.1. The maximum atomic E-state index is 12.6. The van der Waals surface area contributed by atoms with Crippen molar-refractivity contribution < 1.29 is 13.5 Å². The minimum Gasteiger partial charge on any atom is -0.392 e. The van der Waals surface area contributed by atoms with Crippen molar-refractivity contribution in [2.45, 2.75) is 44.1 Å². The maximum Gasteiger partial charge on any atom is 0.218 e. The molecule has 0 amide bonds. The molecule has 1 aromatic rings. The molecule has 0 spiro atoms. The lowest BCUT2D eigenvalue weighted by molar-refractivity contribution is 0.281. The molecule has 3 rings (SSSR count). The number of aliphatic hydroxyl groups is 1. The monoisotopic (exact) mass is 295 g/mol. The maximum absolute atomic E-state index is 12.6. The first-order valence-electron chi connectivity index (χ1n) is 7.26. The van der Waals surface area contributed by atoms with Crippen molar-refractivity contribution in [1.29, 1.82) is 0 Å². The number of benzene rings is 1. The molecule has 20 heavy (non-hydrogen) atoms. The molecule has 2 aliphatic rings. The predicted molar refractivity (Wildman–Crippen MR) is 77.4 cm³/mol. The predicted octanol–water partition coefficient (Wildman–Crippen LogP) is 1.88. The summed E-state index contributed by atoms with van der Waals surface area (Å²) in [6.07, 6.45) is 4.34. The van der Waals surface area contributed by atoms with Gasteiger partial charge in [0.2, 0.25) is 10.0 Å². The summed E-state index contributed by atoms with van der Waals surface area (Å²) in [5.41, 5.74) is 1.52. The molecule has 0 aliphatic heterocycles. The van der Waals surface area contributed by atoms with E-state index in [1.807, 2.05) is 6.07 Å². The quantitative estimate of drug-likeness (QED) is 0.835. The number of rotatable bonds is 7. The van der Waals surface area contributed by atoms with Crippen LogP contribution in [0.2, 0.25) is 0 Å². The van der Waals surface area contributed by atoms with Crippen molar-refractivity contribution in [1.82, 2.24) is 4.31 Å².